The second kappa shape index (κ2) is 6.81. The van der Waals surface area contributed by atoms with E-state index in [0.717, 1.165) is 37.8 Å². The molecule has 0 spiro atoms. The summed E-state index contributed by atoms with van der Waals surface area (Å²) in [5.41, 5.74) is 8.61. The van der Waals surface area contributed by atoms with Crippen molar-refractivity contribution < 1.29 is 4.79 Å². The summed E-state index contributed by atoms with van der Waals surface area (Å²) in [6, 6.07) is 0.704. The summed E-state index contributed by atoms with van der Waals surface area (Å²) in [4.78, 5) is 12.7. The Bertz CT molecular complexity index is 547. The predicted octanol–water partition coefficient (Wildman–Crippen LogP) is 1.96. The van der Waals surface area contributed by atoms with Gasteiger partial charge in [-0.1, -0.05) is 6.42 Å². The van der Waals surface area contributed by atoms with E-state index in [0.29, 0.717) is 23.9 Å². The minimum atomic E-state index is 0. The molecular formula is C17H27ClN4O. The molecule has 2 bridgehead atoms. The molecule has 3 aliphatic rings. The highest BCUT2D eigenvalue weighted by atomic mass is 35.5. The summed E-state index contributed by atoms with van der Waals surface area (Å²) in [5, 5.41) is 10.5. The van der Waals surface area contributed by atoms with Crippen molar-refractivity contribution in [1.82, 2.24) is 15.5 Å². The predicted molar refractivity (Wildman–Crippen MR) is 91.3 cm³/mol. The number of nitrogens with zero attached hydrogens (tertiary/aromatic N) is 1. The molecule has 3 atom stereocenters. The fourth-order valence-electron chi connectivity index (χ4n) is 4.94. The van der Waals surface area contributed by atoms with Crippen molar-refractivity contribution in [1.29, 1.82) is 0 Å². The first kappa shape index (κ1) is 16.8. The zero-order chi connectivity index (χ0) is 15.1. The molecule has 0 saturated heterocycles. The fourth-order valence-corrected chi connectivity index (χ4v) is 4.94. The van der Waals surface area contributed by atoms with E-state index in [9.17, 15) is 4.79 Å². The van der Waals surface area contributed by atoms with Gasteiger partial charge in [-0.25, -0.2) is 0 Å². The molecule has 0 aliphatic heterocycles. The van der Waals surface area contributed by atoms with Gasteiger partial charge in [0.25, 0.3) is 0 Å². The summed E-state index contributed by atoms with van der Waals surface area (Å²) in [6.07, 6.45) is 10.5. The first-order valence-electron chi connectivity index (χ1n) is 8.78. The van der Waals surface area contributed by atoms with E-state index in [1.54, 1.807) is 0 Å². The number of carbonyl (C=O) groups is 1. The number of amides is 1. The van der Waals surface area contributed by atoms with E-state index in [2.05, 4.69) is 15.5 Å². The van der Waals surface area contributed by atoms with E-state index in [1.807, 2.05) is 6.20 Å². The van der Waals surface area contributed by atoms with Gasteiger partial charge in [0, 0.05) is 30.1 Å². The molecule has 0 aromatic carbocycles. The number of halogens is 1. The van der Waals surface area contributed by atoms with Crippen LogP contribution in [0.15, 0.2) is 6.20 Å². The van der Waals surface area contributed by atoms with Crippen LogP contribution in [0.5, 0.6) is 0 Å². The average Bonchev–Trinajstić information content (AvgIpc) is 2.95. The van der Waals surface area contributed by atoms with Crippen molar-refractivity contribution in [2.24, 2.45) is 23.5 Å². The van der Waals surface area contributed by atoms with Crippen molar-refractivity contribution in [2.45, 2.75) is 63.5 Å². The van der Waals surface area contributed by atoms with Gasteiger partial charge in [-0.05, 0) is 55.9 Å². The van der Waals surface area contributed by atoms with Gasteiger partial charge in [0.1, 0.15) is 0 Å². The SMILES string of the molecule is Cl.NC1CC2CCCC(C1)C2NC(=O)C1CCc2cn[nH]c2C1. The number of rotatable bonds is 2. The number of hydrogen-bond donors (Lipinski definition) is 3. The van der Waals surface area contributed by atoms with Gasteiger partial charge < -0.3 is 11.1 Å². The maximum absolute atomic E-state index is 12.7. The molecule has 128 valence electrons. The van der Waals surface area contributed by atoms with Gasteiger partial charge in [-0.3, -0.25) is 9.89 Å². The minimum Gasteiger partial charge on any atom is -0.353 e. The van der Waals surface area contributed by atoms with Crippen LogP contribution in [0.2, 0.25) is 0 Å². The van der Waals surface area contributed by atoms with Gasteiger partial charge in [-0.15, -0.1) is 12.4 Å². The third-order valence-electron chi connectivity index (χ3n) is 6.08. The maximum Gasteiger partial charge on any atom is 0.223 e. The van der Waals surface area contributed by atoms with Crippen molar-refractivity contribution in [3.63, 3.8) is 0 Å². The molecule has 5 nitrogen and oxygen atoms in total. The quantitative estimate of drug-likeness (QED) is 0.770. The molecule has 0 radical (unpaired) electrons. The van der Waals surface area contributed by atoms with Crippen LogP contribution in [0.4, 0.5) is 0 Å². The average molecular weight is 339 g/mol. The molecule has 3 aliphatic carbocycles. The largest absolute Gasteiger partial charge is 0.353 e. The molecule has 1 amide bonds. The van der Waals surface area contributed by atoms with Crippen LogP contribution in [0.3, 0.4) is 0 Å². The monoisotopic (exact) mass is 338 g/mol. The Kier molecular flexibility index (Phi) is 4.97. The zero-order valence-corrected chi connectivity index (χ0v) is 14.3. The molecule has 4 rings (SSSR count). The summed E-state index contributed by atoms with van der Waals surface area (Å²) >= 11 is 0. The Hall–Kier alpha value is -1.07. The highest BCUT2D eigenvalue weighted by Gasteiger charge is 2.40. The van der Waals surface area contributed by atoms with Crippen molar-refractivity contribution in [3.05, 3.63) is 17.5 Å². The number of hydrogen-bond acceptors (Lipinski definition) is 3. The van der Waals surface area contributed by atoms with Gasteiger partial charge in [0.05, 0.1) is 6.20 Å². The molecule has 1 aromatic rings. The Balaban J connectivity index is 0.00000156. The van der Waals surface area contributed by atoms with Crippen molar-refractivity contribution in [3.8, 4) is 0 Å². The third-order valence-corrected chi connectivity index (χ3v) is 6.08. The number of aromatic nitrogens is 2. The molecule has 2 saturated carbocycles. The normalized spacial score (nSPS) is 35.8. The number of carbonyl (C=O) groups excluding carboxylic acids is 1. The number of aromatic amines is 1. The van der Waals surface area contributed by atoms with Crippen molar-refractivity contribution >= 4 is 18.3 Å². The molecule has 2 fully saturated rings. The van der Waals surface area contributed by atoms with E-state index < -0.39 is 0 Å². The van der Waals surface area contributed by atoms with Crippen LogP contribution in [0.1, 0.15) is 49.8 Å². The summed E-state index contributed by atoms with van der Waals surface area (Å²) in [6.45, 7) is 0. The lowest BCUT2D eigenvalue weighted by Crippen LogP contribution is -2.55. The highest BCUT2D eigenvalue weighted by molar-refractivity contribution is 5.85. The van der Waals surface area contributed by atoms with Crippen LogP contribution in [-0.4, -0.2) is 28.2 Å². The smallest absolute Gasteiger partial charge is 0.223 e. The molecule has 1 heterocycles. The second-order valence-corrected chi connectivity index (χ2v) is 7.53. The lowest BCUT2D eigenvalue weighted by Gasteiger charge is -2.45. The van der Waals surface area contributed by atoms with Gasteiger partial charge in [0.15, 0.2) is 0 Å². The topological polar surface area (TPSA) is 83.8 Å². The number of aryl methyl sites for hydroxylation is 1. The number of fused-ring (bicyclic) bond motifs is 3. The van der Waals surface area contributed by atoms with E-state index in [-0.39, 0.29) is 24.2 Å². The van der Waals surface area contributed by atoms with Gasteiger partial charge in [0.2, 0.25) is 5.91 Å². The fraction of sp³-hybridized carbons (Fsp3) is 0.765. The lowest BCUT2D eigenvalue weighted by molar-refractivity contribution is -0.127. The summed E-state index contributed by atoms with van der Waals surface area (Å²) in [7, 11) is 0. The second-order valence-electron chi connectivity index (χ2n) is 7.53. The van der Waals surface area contributed by atoms with Gasteiger partial charge in [-0.2, -0.15) is 5.10 Å². The number of H-pyrrole nitrogens is 1. The van der Waals surface area contributed by atoms with Crippen LogP contribution in [0, 0.1) is 17.8 Å². The van der Waals surface area contributed by atoms with E-state index >= 15 is 0 Å². The molecule has 23 heavy (non-hydrogen) atoms. The van der Waals surface area contributed by atoms with E-state index in [4.69, 9.17) is 5.73 Å². The minimum absolute atomic E-state index is 0. The number of nitrogens with two attached hydrogens (primary N) is 1. The molecule has 6 heteroatoms. The number of nitrogens with one attached hydrogen (secondary N) is 2. The van der Waals surface area contributed by atoms with Crippen LogP contribution < -0.4 is 11.1 Å². The van der Waals surface area contributed by atoms with E-state index in [1.165, 1.54) is 24.8 Å². The summed E-state index contributed by atoms with van der Waals surface area (Å²) in [5.74, 6) is 1.54. The molecule has 1 aromatic heterocycles. The van der Waals surface area contributed by atoms with Gasteiger partial charge >= 0.3 is 0 Å². The van der Waals surface area contributed by atoms with Crippen LogP contribution in [-0.2, 0) is 17.6 Å². The summed E-state index contributed by atoms with van der Waals surface area (Å²) < 4.78 is 0. The lowest BCUT2D eigenvalue weighted by atomic mass is 9.67. The maximum atomic E-state index is 12.7. The Labute approximate surface area is 143 Å². The first-order valence-corrected chi connectivity index (χ1v) is 8.78. The molecular weight excluding hydrogens is 312 g/mol. The highest BCUT2D eigenvalue weighted by Crippen LogP contribution is 2.40. The Morgan fingerprint density at radius 3 is 2.74 bits per heavy atom. The van der Waals surface area contributed by atoms with Crippen LogP contribution in [0.25, 0.3) is 0 Å². The Morgan fingerprint density at radius 1 is 1.26 bits per heavy atom. The standard InChI is InChI=1S/C17H26N4O.ClH/c18-14-6-10-2-1-3-11(7-14)16(10)20-17(22)12-4-5-13-9-19-21-15(13)8-12;/h9-12,14,16H,1-8,18H2,(H,19,21)(H,20,22);1H. The van der Waals surface area contributed by atoms with Crippen molar-refractivity contribution in [2.75, 3.05) is 0 Å². The first-order chi connectivity index (χ1) is 10.7. The molecule has 3 unspecified atom stereocenters. The van der Waals surface area contributed by atoms with Crippen LogP contribution >= 0.6 is 12.4 Å². The Morgan fingerprint density at radius 2 is 2.00 bits per heavy atom. The molecule has 4 N–H and O–H groups in total. The third kappa shape index (κ3) is 3.26. The zero-order valence-electron chi connectivity index (χ0n) is 13.5.